The summed E-state index contributed by atoms with van der Waals surface area (Å²) in [5.41, 5.74) is 1.03. The van der Waals surface area contributed by atoms with Gasteiger partial charge in [0.15, 0.2) is 5.78 Å². The number of hydroxylamine groups is 2. The van der Waals surface area contributed by atoms with Crippen molar-refractivity contribution in [2.45, 2.75) is 25.0 Å². The third-order valence-corrected chi connectivity index (χ3v) is 3.47. The number of hydrogen-bond donors (Lipinski definition) is 0. The monoisotopic (exact) mass is 248 g/mol. The Morgan fingerprint density at radius 1 is 1.33 bits per heavy atom. The first-order chi connectivity index (χ1) is 8.65. The Balaban J connectivity index is 1.83. The number of carbonyl (C=O) groups is 1. The first-order valence-corrected chi connectivity index (χ1v) is 5.85. The van der Waals surface area contributed by atoms with Gasteiger partial charge in [-0.15, -0.1) is 0 Å². The maximum absolute atomic E-state index is 11.5. The van der Waals surface area contributed by atoms with Gasteiger partial charge in [-0.3, -0.25) is 19.7 Å². The summed E-state index contributed by atoms with van der Waals surface area (Å²) < 4.78 is 0. The van der Waals surface area contributed by atoms with Crippen molar-refractivity contribution >= 4 is 11.5 Å². The molecule has 3 atom stereocenters. The van der Waals surface area contributed by atoms with Crippen LogP contribution in [0.15, 0.2) is 24.3 Å². The molecule has 6 heteroatoms. The number of carbonyl (C=O) groups excluding carboxylic acids is 1. The van der Waals surface area contributed by atoms with Crippen LogP contribution in [0.4, 0.5) is 5.69 Å². The fourth-order valence-electron chi connectivity index (χ4n) is 2.50. The lowest BCUT2D eigenvalue weighted by Crippen LogP contribution is -2.33. The molecule has 2 aliphatic rings. The molecule has 6 nitrogen and oxygen atoms in total. The van der Waals surface area contributed by atoms with Crippen molar-refractivity contribution in [3.05, 3.63) is 39.9 Å². The number of Topliss-reactive ketones (excluding diaryl/α,β-unsaturated/α-hetero) is 1. The Labute approximate surface area is 103 Å². The number of rotatable bonds is 2. The molecular formula is C12H12N2O4. The van der Waals surface area contributed by atoms with E-state index in [0.29, 0.717) is 19.4 Å². The maximum atomic E-state index is 11.5. The van der Waals surface area contributed by atoms with Crippen LogP contribution in [0.5, 0.6) is 0 Å². The van der Waals surface area contributed by atoms with E-state index >= 15 is 0 Å². The second-order valence-corrected chi connectivity index (χ2v) is 4.55. The van der Waals surface area contributed by atoms with Crippen LogP contribution in [0.25, 0.3) is 0 Å². The molecule has 0 radical (unpaired) electrons. The van der Waals surface area contributed by atoms with Gasteiger partial charge in [-0.05, 0) is 5.56 Å². The smallest absolute Gasteiger partial charge is 0.269 e. The van der Waals surface area contributed by atoms with E-state index in [2.05, 4.69) is 0 Å². The highest BCUT2D eigenvalue weighted by Gasteiger charge is 2.41. The minimum Gasteiger partial charge on any atom is -0.297 e. The second kappa shape index (κ2) is 4.15. The van der Waals surface area contributed by atoms with Gasteiger partial charge in [0.25, 0.3) is 5.69 Å². The zero-order chi connectivity index (χ0) is 12.7. The van der Waals surface area contributed by atoms with Crippen molar-refractivity contribution in [1.82, 2.24) is 5.06 Å². The van der Waals surface area contributed by atoms with Gasteiger partial charge in [-0.1, -0.05) is 12.1 Å². The average Bonchev–Trinajstić information content (AvgIpc) is 2.73. The van der Waals surface area contributed by atoms with Gasteiger partial charge < -0.3 is 0 Å². The van der Waals surface area contributed by atoms with Gasteiger partial charge in [-0.2, -0.15) is 5.06 Å². The summed E-state index contributed by atoms with van der Waals surface area (Å²) in [6.45, 7) is 0.594. The van der Waals surface area contributed by atoms with Gasteiger partial charge in [0.05, 0.1) is 11.0 Å². The summed E-state index contributed by atoms with van der Waals surface area (Å²) in [5, 5.41) is 12.4. The Hall–Kier alpha value is -1.79. The number of nitro benzene ring substituents is 1. The van der Waals surface area contributed by atoms with E-state index in [1.54, 1.807) is 12.1 Å². The molecule has 94 valence electrons. The first-order valence-electron chi connectivity index (χ1n) is 5.85. The van der Waals surface area contributed by atoms with Crippen LogP contribution in [0, 0.1) is 10.1 Å². The lowest BCUT2D eigenvalue weighted by atomic mass is 10.0. The predicted molar refractivity (Wildman–Crippen MR) is 61.7 cm³/mol. The van der Waals surface area contributed by atoms with Crippen LogP contribution in [-0.4, -0.2) is 28.4 Å². The fourth-order valence-corrected chi connectivity index (χ4v) is 2.50. The fraction of sp³-hybridized carbons (Fsp3) is 0.417. The zero-order valence-corrected chi connectivity index (χ0v) is 9.61. The molecule has 0 aliphatic carbocycles. The van der Waals surface area contributed by atoms with Crippen LogP contribution in [0.2, 0.25) is 0 Å². The number of benzene rings is 1. The third kappa shape index (κ3) is 1.79. The molecule has 1 aromatic rings. The van der Waals surface area contributed by atoms with Gasteiger partial charge in [0.2, 0.25) is 0 Å². The number of nitro groups is 1. The molecule has 2 saturated heterocycles. The lowest BCUT2D eigenvalue weighted by Gasteiger charge is -2.24. The van der Waals surface area contributed by atoms with Crippen molar-refractivity contribution in [1.29, 1.82) is 0 Å². The van der Waals surface area contributed by atoms with E-state index in [1.807, 2.05) is 5.06 Å². The molecule has 2 fully saturated rings. The Bertz CT molecular complexity index is 499. The third-order valence-electron chi connectivity index (χ3n) is 3.47. The summed E-state index contributed by atoms with van der Waals surface area (Å²) in [6.07, 6.45) is 0.823. The summed E-state index contributed by atoms with van der Waals surface area (Å²) in [4.78, 5) is 27.2. The number of ketones is 1. The van der Waals surface area contributed by atoms with E-state index < -0.39 is 4.92 Å². The van der Waals surface area contributed by atoms with Crippen LogP contribution in [0.1, 0.15) is 24.4 Å². The minimum atomic E-state index is -0.420. The molecule has 0 aromatic heterocycles. The van der Waals surface area contributed by atoms with Crippen LogP contribution < -0.4 is 0 Å². The molecule has 0 saturated carbocycles. The molecule has 1 aromatic carbocycles. The van der Waals surface area contributed by atoms with Gasteiger partial charge in [-0.25, -0.2) is 0 Å². The topological polar surface area (TPSA) is 72.7 Å². The van der Waals surface area contributed by atoms with E-state index in [4.69, 9.17) is 4.84 Å². The maximum Gasteiger partial charge on any atom is 0.269 e. The van der Waals surface area contributed by atoms with Crippen molar-refractivity contribution in [3.8, 4) is 0 Å². The van der Waals surface area contributed by atoms with Gasteiger partial charge >= 0.3 is 0 Å². The highest BCUT2D eigenvalue weighted by atomic mass is 16.7. The van der Waals surface area contributed by atoms with E-state index in [-0.39, 0.29) is 23.6 Å². The normalized spacial score (nSPS) is 30.4. The number of hydrogen-bond acceptors (Lipinski definition) is 5. The quantitative estimate of drug-likeness (QED) is 0.587. The van der Waals surface area contributed by atoms with E-state index in [9.17, 15) is 14.9 Å². The average molecular weight is 248 g/mol. The molecular weight excluding hydrogens is 236 g/mol. The lowest BCUT2D eigenvalue weighted by molar-refractivity contribution is -0.384. The zero-order valence-electron chi connectivity index (χ0n) is 9.61. The molecule has 0 N–H and O–H groups in total. The number of fused-ring (bicyclic) bond motifs is 2. The van der Waals surface area contributed by atoms with Crippen molar-refractivity contribution in [2.24, 2.45) is 0 Å². The standard InChI is InChI=1S/C12H12N2O4/c15-11-5-6-13-10(7-12(11)18-13)8-1-3-9(4-2-8)14(16)17/h1-4,10,12H,5-7H2/t10-,12-/m1/s1. The number of nitrogens with zero attached hydrogens (tertiary/aromatic N) is 2. The Kier molecular flexibility index (Phi) is 2.61. The van der Waals surface area contributed by atoms with Gasteiger partial charge in [0, 0.05) is 31.5 Å². The molecule has 1 unspecified atom stereocenters. The SMILES string of the molecule is O=C1CCN2O[C@@H]1C[C@@H]2c1ccc([N+](=O)[O-])cc1. The van der Waals surface area contributed by atoms with E-state index in [0.717, 1.165) is 5.56 Å². The van der Waals surface area contributed by atoms with Crippen molar-refractivity contribution < 1.29 is 14.6 Å². The summed E-state index contributed by atoms with van der Waals surface area (Å²) in [6, 6.07) is 6.47. The Morgan fingerprint density at radius 2 is 2.06 bits per heavy atom. The molecule has 2 bridgehead atoms. The minimum absolute atomic E-state index is 0.0299. The largest absolute Gasteiger partial charge is 0.297 e. The van der Waals surface area contributed by atoms with Crippen LogP contribution in [-0.2, 0) is 9.63 Å². The summed E-state index contributed by atoms with van der Waals surface area (Å²) in [7, 11) is 0. The van der Waals surface area contributed by atoms with Crippen LogP contribution in [0.3, 0.4) is 0 Å². The Morgan fingerprint density at radius 3 is 2.67 bits per heavy atom. The molecule has 0 amide bonds. The molecule has 18 heavy (non-hydrogen) atoms. The molecule has 2 aliphatic heterocycles. The highest BCUT2D eigenvalue weighted by molar-refractivity contribution is 5.84. The summed E-state index contributed by atoms with van der Waals surface area (Å²) in [5.74, 6) is 0.149. The predicted octanol–water partition coefficient (Wildman–Crippen LogP) is 1.61. The van der Waals surface area contributed by atoms with Crippen molar-refractivity contribution in [3.63, 3.8) is 0 Å². The highest BCUT2D eigenvalue weighted by Crippen LogP contribution is 2.37. The first kappa shape index (κ1) is 11.3. The second-order valence-electron chi connectivity index (χ2n) is 4.55. The molecule has 2 heterocycles. The summed E-state index contributed by atoms with van der Waals surface area (Å²) >= 11 is 0. The molecule has 0 spiro atoms. The van der Waals surface area contributed by atoms with E-state index in [1.165, 1.54) is 12.1 Å². The van der Waals surface area contributed by atoms with Gasteiger partial charge in [0.1, 0.15) is 6.10 Å². The number of non-ortho nitro benzene ring substituents is 1. The molecule has 3 rings (SSSR count). The van der Waals surface area contributed by atoms with Crippen LogP contribution >= 0.6 is 0 Å². The van der Waals surface area contributed by atoms with Crippen molar-refractivity contribution in [2.75, 3.05) is 6.54 Å².